The van der Waals surface area contributed by atoms with Crippen LogP contribution in [0.3, 0.4) is 0 Å². The Bertz CT molecular complexity index is 604. The summed E-state index contributed by atoms with van der Waals surface area (Å²) in [4.78, 5) is 20.5. The van der Waals surface area contributed by atoms with Crippen LogP contribution in [0.4, 0.5) is 11.5 Å². The van der Waals surface area contributed by atoms with Crippen molar-refractivity contribution < 1.29 is 4.79 Å². The molecule has 0 unspecified atom stereocenters. The molecule has 0 aromatic carbocycles. The maximum absolute atomic E-state index is 12.2. The molecule has 2 aromatic rings. The van der Waals surface area contributed by atoms with Crippen LogP contribution in [0.2, 0.25) is 0 Å². The van der Waals surface area contributed by atoms with Crippen LogP contribution in [0.25, 0.3) is 0 Å². The summed E-state index contributed by atoms with van der Waals surface area (Å²) in [6.07, 6.45) is 4.06. The third-order valence-corrected chi connectivity index (χ3v) is 2.78. The third kappa shape index (κ3) is 3.30. The molecule has 20 heavy (non-hydrogen) atoms. The lowest BCUT2D eigenvalue weighted by Gasteiger charge is -2.08. The molecule has 2 heterocycles. The number of nitrogens with zero attached hydrogens (tertiary/aromatic N) is 2. The SMILES string of the molecule is CCc1cc(C(=O)Nc2cncc(C)c2)cc(NN)n1. The lowest BCUT2D eigenvalue weighted by Crippen LogP contribution is -2.15. The molecule has 2 aromatic heterocycles. The maximum atomic E-state index is 12.2. The highest BCUT2D eigenvalue weighted by molar-refractivity contribution is 6.04. The number of amides is 1. The van der Waals surface area contributed by atoms with Crippen LogP contribution < -0.4 is 16.6 Å². The second-order valence-electron chi connectivity index (χ2n) is 4.44. The number of nitrogen functional groups attached to an aromatic ring is 1. The van der Waals surface area contributed by atoms with Crippen LogP contribution in [0, 0.1) is 6.92 Å². The van der Waals surface area contributed by atoms with E-state index in [0.29, 0.717) is 17.1 Å². The number of hydrazine groups is 1. The highest BCUT2D eigenvalue weighted by atomic mass is 16.1. The van der Waals surface area contributed by atoms with E-state index in [4.69, 9.17) is 5.84 Å². The van der Waals surface area contributed by atoms with E-state index in [1.807, 2.05) is 19.9 Å². The van der Waals surface area contributed by atoms with Gasteiger partial charge >= 0.3 is 0 Å². The Kier molecular flexibility index (Phi) is 4.27. The Labute approximate surface area is 117 Å². The predicted octanol–water partition coefficient (Wildman–Crippen LogP) is 1.89. The van der Waals surface area contributed by atoms with Crippen LogP contribution >= 0.6 is 0 Å². The van der Waals surface area contributed by atoms with Gasteiger partial charge in [0.05, 0.1) is 11.9 Å². The number of pyridine rings is 2. The zero-order valence-electron chi connectivity index (χ0n) is 11.5. The van der Waals surface area contributed by atoms with Crippen molar-refractivity contribution >= 4 is 17.4 Å². The number of aromatic nitrogens is 2. The van der Waals surface area contributed by atoms with E-state index in [1.165, 1.54) is 0 Å². The van der Waals surface area contributed by atoms with Crippen LogP contribution in [-0.4, -0.2) is 15.9 Å². The van der Waals surface area contributed by atoms with Gasteiger partial charge in [0.15, 0.2) is 0 Å². The fraction of sp³-hybridized carbons (Fsp3) is 0.214. The minimum absolute atomic E-state index is 0.217. The fourth-order valence-electron chi connectivity index (χ4n) is 1.80. The second-order valence-corrected chi connectivity index (χ2v) is 4.44. The standard InChI is InChI=1S/C14H17N5O/c1-3-11-5-10(6-13(17-11)19-15)14(20)18-12-4-9(2)7-16-8-12/h4-8H,3,15H2,1-2H3,(H,17,19)(H,18,20). The average molecular weight is 271 g/mol. The summed E-state index contributed by atoms with van der Waals surface area (Å²) in [5.41, 5.74) is 5.41. The molecule has 0 saturated heterocycles. The van der Waals surface area contributed by atoms with Crippen LogP contribution in [-0.2, 0) is 6.42 Å². The molecule has 0 spiro atoms. The fourth-order valence-corrected chi connectivity index (χ4v) is 1.80. The number of carbonyl (C=O) groups is 1. The number of nitrogens with one attached hydrogen (secondary N) is 2. The molecule has 0 saturated carbocycles. The molecule has 4 N–H and O–H groups in total. The molecule has 0 fully saturated rings. The van der Waals surface area contributed by atoms with Crippen molar-refractivity contribution in [2.45, 2.75) is 20.3 Å². The Morgan fingerprint density at radius 1 is 1.30 bits per heavy atom. The largest absolute Gasteiger partial charge is 0.321 e. The Hall–Kier alpha value is -2.47. The Balaban J connectivity index is 2.24. The van der Waals surface area contributed by atoms with Gasteiger partial charge in [0.25, 0.3) is 5.91 Å². The van der Waals surface area contributed by atoms with Gasteiger partial charge in [-0.15, -0.1) is 0 Å². The molecule has 1 amide bonds. The van der Waals surface area contributed by atoms with E-state index in [1.54, 1.807) is 24.5 Å². The molecule has 0 aliphatic heterocycles. The first-order chi connectivity index (χ1) is 9.62. The summed E-state index contributed by atoms with van der Waals surface area (Å²) in [6.45, 7) is 3.88. The van der Waals surface area contributed by atoms with Crippen molar-refractivity contribution in [2.75, 3.05) is 10.7 Å². The average Bonchev–Trinajstić information content (AvgIpc) is 2.46. The highest BCUT2D eigenvalue weighted by Gasteiger charge is 2.10. The zero-order valence-corrected chi connectivity index (χ0v) is 11.5. The number of hydrogen-bond acceptors (Lipinski definition) is 5. The van der Waals surface area contributed by atoms with Crippen LogP contribution in [0.15, 0.2) is 30.6 Å². The van der Waals surface area contributed by atoms with Gasteiger partial charge in [-0.3, -0.25) is 9.78 Å². The zero-order chi connectivity index (χ0) is 14.5. The first-order valence-electron chi connectivity index (χ1n) is 6.33. The minimum Gasteiger partial charge on any atom is -0.321 e. The summed E-state index contributed by atoms with van der Waals surface area (Å²) in [5.74, 6) is 5.61. The number of aryl methyl sites for hydroxylation is 2. The molecule has 0 aliphatic carbocycles. The number of rotatable bonds is 4. The molecule has 0 bridgehead atoms. The quantitative estimate of drug-likeness (QED) is 0.583. The summed E-state index contributed by atoms with van der Waals surface area (Å²) < 4.78 is 0. The molecular weight excluding hydrogens is 254 g/mol. The molecule has 6 nitrogen and oxygen atoms in total. The Morgan fingerprint density at radius 2 is 2.10 bits per heavy atom. The van der Waals surface area contributed by atoms with Crippen LogP contribution in [0.5, 0.6) is 0 Å². The van der Waals surface area contributed by atoms with E-state index >= 15 is 0 Å². The Morgan fingerprint density at radius 3 is 2.75 bits per heavy atom. The van der Waals surface area contributed by atoms with Crippen molar-refractivity contribution in [1.82, 2.24) is 9.97 Å². The second kappa shape index (κ2) is 6.12. The first kappa shape index (κ1) is 14.0. The molecular formula is C14H17N5O. The number of nitrogens with two attached hydrogens (primary N) is 1. The van der Waals surface area contributed by atoms with Crippen molar-refractivity contribution in [3.05, 3.63) is 47.4 Å². The molecule has 104 valence electrons. The molecule has 0 aliphatic rings. The van der Waals surface area contributed by atoms with E-state index in [0.717, 1.165) is 17.7 Å². The highest BCUT2D eigenvalue weighted by Crippen LogP contribution is 2.14. The molecule has 0 atom stereocenters. The normalized spacial score (nSPS) is 10.2. The summed E-state index contributed by atoms with van der Waals surface area (Å²) in [6, 6.07) is 5.21. The third-order valence-electron chi connectivity index (χ3n) is 2.78. The van der Waals surface area contributed by atoms with Gasteiger partial charge in [0, 0.05) is 17.5 Å². The van der Waals surface area contributed by atoms with Gasteiger partial charge in [-0.25, -0.2) is 10.8 Å². The predicted molar refractivity (Wildman–Crippen MR) is 78.4 cm³/mol. The molecule has 0 radical (unpaired) electrons. The first-order valence-corrected chi connectivity index (χ1v) is 6.33. The molecule has 2 rings (SSSR count). The van der Waals surface area contributed by atoms with Gasteiger partial charge in [-0.2, -0.15) is 0 Å². The van der Waals surface area contributed by atoms with Gasteiger partial charge in [0.2, 0.25) is 0 Å². The summed E-state index contributed by atoms with van der Waals surface area (Å²) >= 11 is 0. The van der Waals surface area contributed by atoms with Gasteiger partial charge < -0.3 is 10.7 Å². The number of carbonyl (C=O) groups excluding carboxylic acids is 1. The summed E-state index contributed by atoms with van der Waals surface area (Å²) in [7, 11) is 0. The lowest BCUT2D eigenvalue weighted by atomic mass is 10.1. The topological polar surface area (TPSA) is 92.9 Å². The van der Waals surface area contributed by atoms with E-state index in [2.05, 4.69) is 20.7 Å². The minimum atomic E-state index is -0.217. The lowest BCUT2D eigenvalue weighted by molar-refractivity contribution is 0.102. The van der Waals surface area contributed by atoms with Crippen molar-refractivity contribution in [3.63, 3.8) is 0 Å². The van der Waals surface area contributed by atoms with Gasteiger partial charge in [-0.05, 0) is 37.1 Å². The maximum Gasteiger partial charge on any atom is 0.255 e. The number of anilines is 2. The summed E-state index contributed by atoms with van der Waals surface area (Å²) in [5, 5.41) is 2.80. The smallest absolute Gasteiger partial charge is 0.255 e. The van der Waals surface area contributed by atoms with Gasteiger partial charge in [-0.1, -0.05) is 6.92 Å². The van der Waals surface area contributed by atoms with Crippen molar-refractivity contribution in [2.24, 2.45) is 5.84 Å². The van der Waals surface area contributed by atoms with E-state index < -0.39 is 0 Å². The van der Waals surface area contributed by atoms with E-state index in [-0.39, 0.29) is 5.91 Å². The van der Waals surface area contributed by atoms with Crippen LogP contribution in [0.1, 0.15) is 28.5 Å². The van der Waals surface area contributed by atoms with Crippen molar-refractivity contribution in [3.8, 4) is 0 Å². The monoisotopic (exact) mass is 271 g/mol. The van der Waals surface area contributed by atoms with E-state index in [9.17, 15) is 4.79 Å². The van der Waals surface area contributed by atoms with Gasteiger partial charge in [0.1, 0.15) is 5.82 Å². The molecule has 6 heteroatoms. The van der Waals surface area contributed by atoms with Crippen molar-refractivity contribution in [1.29, 1.82) is 0 Å². The number of hydrogen-bond donors (Lipinski definition) is 3.